The summed E-state index contributed by atoms with van der Waals surface area (Å²) in [6.45, 7) is 5.34. The largest absolute Gasteiger partial charge is 0.383 e. The lowest BCUT2D eigenvalue weighted by Crippen LogP contribution is -2.30. The van der Waals surface area contributed by atoms with Crippen molar-refractivity contribution >= 4 is 16.0 Å². The fourth-order valence-electron chi connectivity index (χ4n) is 1.40. The molecule has 0 aliphatic heterocycles. The van der Waals surface area contributed by atoms with E-state index in [-0.39, 0.29) is 17.8 Å². The van der Waals surface area contributed by atoms with Crippen molar-refractivity contribution in [2.45, 2.75) is 32.8 Å². The van der Waals surface area contributed by atoms with Gasteiger partial charge in [-0.1, -0.05) is 12.1 Å². The Labute approximate surface area is 119 Å². The second-order valence-electron chi connectivity index (χ2n) is 4.71. The lowest BCUT2D eigenvalue weighted by molar-refractivity contribution is -0.138. The third-order valence-electron chi connectivity index (χ3n) is 2.42. The second-order valence-corrected chi connectivity index (χ2v) is 6.29. The number of hydroxylamine groups is 1. The van der Waals surface area contributed by atoms with E-state index >= 15 is 0 Å². The van der Waals surface area contributed by atoms with E-state index in [1.807, 2.05) is 13.8 Å². The number of benzene rings is 1. The number of hydrogen-bond donors (Lipinski definition) is 1. The standard InChI is InChI=1S/C13H19NO5S/c1-9(2)18-14-13(15)10(3)11-5-7-12(8-6-11)19-20(4,16)17/h5-10H,1-4H3,(H,14,15)/t10-/m1/s1. The highest BCUT2D eigenvalue weighted by atomic mass is 32.2. The molecule has 0 saturated carbocycles. The Morgan fingerprint density at radius 2 is 1.70 bits per heavy atom. The third kappa shape index (κ3) is 5.58. The summed E-state index contributed by atoms with van der Waals surface area (Å²) in [4.78, 5) is 16.8. The normalized spacial score (nSPS) is 13.1. The molecule has 0 saturated heterocycles. The minimum Gasteiger partial charge on any atom is -0.383 e. The van der Waals surface area contributed by atoms with Crippen LogP contribution in [0.4, 0.5) is 0 Å². The fourth-order valence-corrected chi connectivity index (χ4v) is 1.86. The van der Waals surface area contributed by atoms with Crippen LogP contribution in [0.25, 0.3) is 0 Å². The van der Waals surface area contributed by atoms with Crippen molar-refractivity contribution in [3.8, 4) is 5.75 Å². The lowest BCUT2D eigenvalue weighted by atomic mass is 10.0. The molecule has 112 valence electrons. The number of rotatable bonds is 6. The molecule has 0 spiro atoms. The van der Waals surface area contributed by atoms with Gasteiger partial charge in [0, 0.05) is 0 Å². The molecular weight excluding hydrogens is 282 g/mol. The number of carbonyl (C=O) groups excluding carboxylic acids is 1. The van der Waals surface area contributed by atoms with E-state index in [0.29, 0.717) is 0 Å². The molecule has 1 N–H and O–H groups in total. The predicted molar refractivity (Wildman–Crippen MR) is 74.7 cm³/mol. The molecule has 6 nitrogen and oxygen atoms in total. The molecule has 0 aliphatic carbocycles. The van der Waals surface area contributed by atoms with Crippen LogP contribution in [0.3, 0.4) is 0 Å². The summed E-state index contributed by atoms with van der Waals surface area (Å²) in [7, 11) is -3.54. The van der Waals surface area contributed by atoms with Gasteiger partial charge in [-0.15, -0.1) is 0 Å². The van der Waals surface area contributed by atoms with Crippen LogP contribution >= 0.6 is 0 Å². The number of carbonyl (C=O) groups is 1. The van der Waals surface area contributed by atoms with Crippen molar-refractivity contribution in [1.82, 2.24) is 5.48 Å². The van der Waals surface area contributed by atoms with E-state index in [1.165, 1.54) is 12.1 Å². The molecule has 7 heteroatoms. The zero-order valence-electron chi connectivity index (χ0n) is 11.9. The van der Waals surface area contributed by atoms with Gasteiger partial charge >= 0.3 is 10.1 Å². The first-order chi connectivity index (χ1) is 9.19. The van der Waals surface area contributed by atoms with Gasteiger partial charge in [0.2, 0.25) is 0 Å². The quantitative estimate of drug-likeness (QED) is 0.637. The maximum Gasteiger partial charge on any atom is 0.306 e. The maximum atomic E-state index is 11.8. The van der Waals surface area contributed by atoms with Crippen LogP contribution in [-0.4, -0.2) is 26.7 Å². The molecule has 1 amide bonds. The van der Waals surface area contributed by atoms with Gasteiger partial charge in [-0.3, -0.25) is 9.63 Å². The summed E-state index contributed by atoms with van der Waals surface area (Å²) in [5.74, 6) is -0.473. The molecule has 0 fully saturated rings. The van der Waals surface area contributed by atoms with Crippen molar-refractivity contribution in [3.63, 3.8) is 0 Å². The van der Waals surface area contributed by atoms with Gasteiger partial charge in [0.15, 0.2) is 0 Å². The molecule has 0 aliphatic rings. The van der Waals surface area contributed by atoms with Crippen molar-refractivity contribution in [1.29, 1.82) is 0 Å². The van der Waals surface area contributed by atoms with Crippen LogP contribution in [0.2, 0.25) is 0 Å². The summed E-state index contributed by atoms with van der Waals surface area (Å²) < 4.78 is 26.7. The molecule has 0 heterocycles. The van der Waals surface area contributed by atoms with Crippen LogP contribution in [-0.2, 0) is 19.8 Å². The Hall–Kier alpha value is -1.60. The highest BCUT2D eigenvalue weighted by Crippen LogP contribution is 2.20. The Kier molecular flexibility index (Phi) is 5.52. The molecule has 0 aromatic heterocycles. The topological polar surface area (TPSA) is 81.7 Å². The Balaban J connectivity index is 2.70. The van der Waals surface area contributed by atoms with Gasteiger partial charge < -0.3 is 4.18 Å². The Bertz CT molecular complexity index is 551. The molecule has 20 heavy (non-hydrogen) atoms. The molecule has 0 unspecified atom stereocenters. The first kappa shape index (κ1) is 16.5. The first-order valence-electron chi connectivity index (χ1n) is 6.14. The van der Waals surface area contributed by atoms with Gasteiger partial charge in [0.25, 0.3) is 5.91 Å². The number of amides is 1. The van der Waals surface area contributed by atoms with Crippen molar-refractivity contribution in [2.75, 3.05) is 6.26 Å². The average Bonchev–Trinajstić information content (AvgIpc) is 2.34. The predicted octanol–water partition coefficient (Wildman–Crippen LogP) is 1.58. The molecule has 1 aromatic rings. The zero-order valence-corrected chi connectivity index (χ0v) is 12.7. The van der Waals surface area contributed by atoms with Crippen molar-refractivity contribution in [2.24, 2.45) is 0 Å². The van der Waals surface area contributed by atoms with E-state index in [9.17, 15) is 13.2 Å². The molecular formula is C13H19NO5S. The minimum absolute atomic E-state index is 0.100. The summed E-state index contributed by atoms with van der Waals surface area (Å²) in [6.07, 6.45) is 0.872. The van der Waals surface area contributed by atoms with E-state index in [1.54, 1.807) is 19.1 Å². The number of hydrogen-bond acceptors (Lipinski definition) is 5. The van der Waals surface area contributed by atoms with Gasteiger partial charge in [-0.05, 0) is 38.5 Å². The molecule has 0 bridgehead atoms. The minimum atomic E-state index is -3.54. The molecule has 1 rings (SSSR count). The summed E-state index contributed by atoms with van der Waals surface area (Å²) in [5, 5.41) is 0. The summed E-state index contributed by atoms with van der Waals surface area (Å²) >= 11 is 0. The highest BCUT2D eigenvalue weighted by Gasteiger charge is 2.16. The lowest BCUT2D eigenvalue weighted by Gasteiger charge is -2.14. The van der Waals surface area contributed by atoms with Gasteiger partial charge in [0.05, 0.1) is 18.3 Å². The second kappa shape index (κ2) is 6.71. The molecule has 0 radical (unpaired) electrons. The first-order valence-corrected chi connectivity index (χ1v) is 7.95. The smallest absolute Gasteiger partial charge is 0.306 e. The van der Waals surface area contributed by atoms with Gasteiger partial charge in [0.1, 0.15) is 5.75 Å². The third-order valence-corrected chi connectivity index (χ3v) is 2.91. The SMILES string of the molecule is CC(C)ONC(=O)[C@H](C)c1ccc(OS(C)(=O)=O)cc1. The van der Waals surface area contributed by atoms with Crippen LogP contribution in [0.5, 0.6) is 5.75 Å². The van der Waals surface area contributed by atoms with E-state index in [4.69, 9.17) is 9.02 Å². The maximum absolute atomic E-state index is 11.8. The van der Waals surface area contributed by atoms with Crippen LogP contribution in [0, 0.1) is 0 Å². The summed E-state index contributed by atoms with van der Waals surface area (Å²) in [5.41, 5.74) is 3.10. The van der Waals surface area contributed by atoms with E-state index < -0.39 is 16.0 Å². The average molecular weight is 301 g/mol. The fraction of sp³-hybridized carbons (Fsp3) is 0.462. The monoisotopic (exact) mass is 301 g/mol. The Morgan fingerprint density at radius 1 is 1.15 bits per heavy atom. The van der Waals surface area contributed by atoms with Crippen molar-refractivity contribution < 1.29 is 22.2 Å². The zero-order chi connectivity index (χ0) is 15.3. The molecule has 1 atom stereocenters. The highest BCUT2D eigenvalue weighted by molar-refractivity contribution is 7.86. The van der Waals surface area contributed by atoms with Crippen molar-refractivity contribution in [3.05, 3.63) is 29.8 Å². The van der Waals surface area contributed by atoms with E-state index in [2.05, 4.69) is 5.48 Å². The van der Waals surface area contributed by atoms with Crippen LogP contribution < -0.4 is 9.66 Å². The number of nitrogens with one attached hydrogen (secondary N) is 1. The molecule has 1 aromatic carbocycles. The Morgan fingerprint density at radius 3 is 2.15 bits per heavy atom. The van der Waals surface area contributed by atoms with Crippen LogP contribution in [0.15, 0.2) is 24.3 Å². The van der Waals surface area contributed by atoms with Gasteiger partial charge in [-0.2, -0.15) is 8.42 Å². The van der Waals surface area contributed by atoms with Gasteiger partial charge in [-0.25, -0.2) is 5.48 Å². The van der Waals surface area contributed by atoms with Crippen LogP contribution in [0.1, 0.15) is 32.3 Å². The van der Waals surface area contributed by atoms with E-state index in [0.717, 1.165) is 11.8 Å². The summed E-state index contributed by atoms with van der Waals surface area (Å²) in [6, 6.07) is 6.28.